The summed E-state index contributed by atoms with van der Waals surface area (Å²) in [6, 6.07) is 11.4. The third kappa shape index (κ3) is 3.87. The molecular formula is C21H18ClNO6. The van der Waals surface area contributed by atoms with Crippen molar-refractivity contribution < 1.29 is 29.3 Å². The predicted molar refractivity (Wildman–Crippen MR) is 105 cm³/mol. The van der Waals surface area contributed by atoms with Crippen molar-refractivity contribution in [3.05, 3.63) is 75.8 Å². The number of hydrogen-bond donors (Lipinski definition) is 2. The Morgan fingerprint density at radius 1 is 1.07 bits per heavy atom. The molecule has 2 aromatic carbocycles. The Hall–Kier alpha value is -3.16. The van der Waals surface area contributed by atoms with Crippen molar-refractivity contribution in [1.82, 2.24) is 4.90 Å². The van der Waals surface area contributed by atoms with Crippen LogP contribution in [0.1, 0.15) is 27.5 Å². The van der Waals surface area contributed by atoms with Crippen LogP contribution in [0.2, 0.25) is 5.02 Å². The number of carbonyl (C=O) groups is 3. The van der Waals surface area contributed by atoms with E-state index in [1.54, 1.807) is 24.3 Å². The smallest absolute Gasteiger partial charge is 0.337 e. The maximum absolute atomic E-state index is 12.7. The van der Waals surface area contributed by atoms with Crippen molar-refractivity contribution in [2.45, 2.75) is 6.04 Å². The Labute approximate surface area is 171 Å². The van der Waals surface area contributed by atoms with Gasteiger partial charge >= 0.3 is 5.97 Å². The van der Waals surface area contributed by atoms with Crippen LogP contribution in [0.3, 0.4) is 0 Å². The minimum atomic E-state index is -0.912. The number of β-amino-alcohol motifs (C(OH)–C–C–N with tert-alkyl or cyclic N) is 1. The third-order valence-electron chi connectivity index (χ3n) is 4.65. The van der Waals surface area contributed by atoms with Gasteiger partial charge in [-0.25, -0.2) is 4.79 Å². The predicted octanol–water partition coefficient (Wildman–Crippen LogP) is 2.54. The highest BCUT2D eigenvalue weighted by Gasteiger charge is 2.45. The fourth-order valence-corrected chi connectivity index (χ4v) is 3.37. The van der Waals surface area contributed by atoms with E-state index in [0.29, 0.717) is 21.7 Å². The van der Waals surface area contributed by atoms with E-state index in [-0.39, 0.29) is 24.5 Å². The lowest BCUT2D eigenvalue weighted by atomic mass is 9.94. The van der Waals surface area contributed by atoms with Gasteiger partial charge in [-0.05, 0) is 42.0 Å². The minimum Gasteiger partial charge on any atom is -0.507 e. The standard InChI is InChI=1S/C21H18ClNO6/c1-29-21(28)14-4-2-12(3-5-14)17-16(19(26)20(27)23(17)10-11-24)18(25)13-6-8-15(22)9-7-13/h2-9,17,24-25H,10-11H2,1H3/t17-/m0/s1. The maximum Gasteiger partial charge on any atom is 0.337 e. The molecule has 1 saturated heterocycles. The third-order valence-corrected chi connectivity index (χ3v) is 4.90. The van der Waals surface area contributed by atoms with Crippen molar-refractivity contribution in [3.63, 3.8) is 0 Å². The summed E-state index contributed by atoms with van der Waals surface area (Å²) in [4.78, 5) is 38.1. The lowest BCUT2D eigenvalue weighted by Crippen LogP contribution is -2.32. The number of ketones is 1. The summed E-state index contributed by atoms with van der Waals surface area (Å²) in [6.07, 6.45) is 0. The van der Waals surface area contributed by atoms with Crippen LogP contribution in [0.15, 0.2) is 54.1 Å². The number of methoxy groups -OCH3 is 1. The van der Waals surface area contributed by atoms with E-state index >= 15 is 0 Å². The Kier molecular flexibility index (Phi) is 6.00. The summed E-state index contributed by atoms with van der Waals surface area (Å²) in [5.74, 6) is -2.55. The van der Waals surface area contributed by atoms with E-state index < -0.39 is 23.7 Å². The first kappa shape index (κ1) is 20.6. The van der Waals surface area contributed by atoms with Gasteiger partial charge in [-0.2, -0.15) is 0 Å². The van der Waals surface area contributed by atoms with Gasteiger partial charge in [-0.1, -0.05) is 23.7 Å². The molecule has 29 heavy (non-hydrogen) atoms. The molecule has 1 heterocycles. The van der Waals surface area contributed by atoms with E-state index in [1.165, 1.54) is 36.3 Å². The summed E-state index contributed by atoms with van der Waals surface area (Å²) in [6.45, 7) is -0.448. The molecule has 0 aromatic heterocycles. The number of esters is 1. The second-order valence-electron chi connectivity index (χ2n) is 6.34. The quantitative estimate of drug-likeness (QED) is 0.336. The Morgan fingerprint density at radius 2 is 1.66 bits per heavy atom. The van der Waals surface area contributed by atoms with Crippen LogP contribution in [0.4, 0.5) is 0 Å². The minimum absolute atomic E-state index is 0.0919. The molecule has 2 N–H and O–H groups in total. The number of rotatable bonds is 5. The van der Waals surface area contributed by atoms with Crippen LogP contribution in [0.25, 0.3) is 5.76 Å². The number of benzene rings is 2. The summed E-state index contributed by atoms with van der Waals surface area (Å²) >= 11 is 5.88. The molecule has 0 aliphatic carbocycles. The van der Waals surface area contributed by atoms with Crippen molar-refractivity contribution >= 4 is 35.0 Å². The molecule has 0 bridgehead atoms. The highest BCUT2D eigenvalue weighted by molar-refractivity contribution is 6.46. The number of halogens is 1. The van der Waals surface area contributed by atoms with E-state index in [4.69, 9.17) is 11.6 Å². The second-order valence-corrected chi connectivity index (χ2v) is 6.77. The number of ether oxygens (including phenoxy) is 1. The molecule has 0 saturated carbocycles. The number of likely N-dealkylation sites (tertiary alicyclic amines) is 1. The van der Waals surface area contributed by atoms with E-state index in [9.17, 15) is 24.6 Å². The van der Waals surface area contributed by atoms with Gasteiger partial charge in [0.05, 0.1) is 30.9 Å². The van der Waals surface area contributed by atoms with E-state index in [1.807, 2.05) is 0 Å². The van der Waals surface area contributed by atoms with Gasteiger partial charge in [-0.3, -0.25) is 9.59 Å². The zero-order valence-corrected chi connectivity index (χ0v) is 16.2. The Balaban J connectivity index is 2.13. The average Bonchev–Trinajstić information content (AvgIpc) is 2.98. The highest BCUT2D eigenvalue weighted by atomic mass is 35.5. The molecular weight excluding hydrogens is 398 g/mol. The molecule has 0 radical (unpaired) electrons. The molecule has 3 rings (SSSR count). The van der Waals surface area contributed by atoms with E-state index in [0.717, 1.165) is 0 Å². The summed E-state index contributed by atoms with van der Waals surface area (Å²) < 4.78 is 4.67. The molecule has 0 unspecified atom stereocenters. The van der Waals surface area contributed by atoms with Gasteiger partial charge in [0.1, 0.15) is 5.76 Å². The van der Waals surface area contributed by atoms with Gasteiger partial charge < -0.3 is 19.8 Å². The number of carbonyl (C=O) groups excluding carboxylic acids is 3. The fourth-order valence-electron chi connectivity index (χ4n) is 3.25. The Morgan fingerprint density at radius 3 is 2.21 bits per heavy atom. The molecule has 0 spiro atoms. The molecule has 2 aromatic rings. The molecule has 7 nitrogen and oxygen atoms in total. The van der Waals surface area contributed by atoms with Crippen molar-refractivity contribution in [1.29, 1.82) is 0 Å². The number of amides is 1. The molecule has 1 aliphatic rings. The normalized spacial score (nSPS) is 18.2. The number of nitrogens with zero attached hydrogens (tertiary/aromatic N) is 1. The van der Waals surface area contributed by atoms with Crippen LogP contribution in [0.5, 0.6) is 0 Å². The van der Waals surface area contributed by atoms with Crippen LogP contribution >= 0.6 is 11.6 Å². The highest BCUT2D eigenvalue weighted by Crippen LogP contribution is 2.39. The van der Waals surface area contributed by atoms with Crippen LogP contribution < -0.4 is 0 Å². The molecule has 1 aliphatic heterocycles. The van der Waals surface area contributed by atoms with Gasteiger partial charge in [0.25, 0.3) is 11.7 Å². The molecule has 150 valence electrons. The lowest BCUT2D eigenvalue weighted by Gasteiger charge is -2.24. The van der Waals surface area contributed by atoms with Gasteiger partial charge in [-0.15, -0.1) is 0 Å². The van der Waals surface area contributed by atoms with Crippen molar-refractivity contribution in [3.8, 4) is 0 Å². The lowest BCUT2D eigenvalue weighted by molar-refractivity contribution is -0.140. The van der Waals surface area contributed by atoms with Crippen LogP contribution in [-0.2, 0) is 14.3 Å². The van der Waals surface area contributed by atoms with Crippen molar-refractivity contribution in [2.24, 2.45) is 0 Å². The summed E-state index contributed by atoms with van der Waals surface area (Å²) in [5, 5.41) is 20.6. The second kappa shape index (κ2) is 8.46. The first-order valence-electron chi connectivity index (χ1n) is 8.72. The fraction of sp³-hybridized carbons (Fsp3) is 0.190. The summed E-state index contributed by atoms with van der Waals surface area (Å²) in [7, 11) is 1.26. The number of Topliss-reactive ketones (excluding diaryl/α,β-unsaturated/α-hetero) is 1. The molecule has 1 amide bonds. The topological polar surface area (TPSA) is 104 Å². The number of aliphatic hydroxyl groups is 2. The Bertz CT molecular complexity index is 981. The largest absolute Gasteiger partial charge is 0.507 e. The summed E-state index contributed by atoms with van der Waals surface area (Å²) in [5.41, 5.74) is 1.03. The molecule has 8 heteroatoms. The SMILES string of the molecule is COC(=O)c1ccc([C@H]2C(=C(O)c3ccc(Cl)cc3)C(=O)C(=O)N2CCO)cc1. The number of aliphatic hydroxyl groups excluding tert-OH is 2. The average molecular weight is 416 g/mol. The maximum atomic E-state index is 12.7. The first-order valence-corrected chi connectivity index (χ1v) is 9.10. The first-order chi connectivity index (χ1) is 13.9. The van der Waals surface area contributed by atoms with Crippen molar-refractivity contribution in [2.75, 3.05) is 20.3 Å². The molecule has 1 fully saturated rings. The zero-order chi connectivity index (χ0) is 21.1. The van der Waals surface area contributed by atoms with E-state index in [2.05, 4.69) is 4.74 Å². The van der Waals surface area contributed by atoms with Crippen LogP contribution in [0, 0.1) is 0 Å². The zero-order valence-electron chi connectivity index (χ0n) is 15.5. The van der Waals surface area contributed by atoms with Gasteiger partial charge in [0, 0.05) is 17.1 Å². The molecule has 1 atom stereocenters. The monoisotopic (exact) mass is 415 g/mol. The van der Waals surface area contributed by atoms with Gasteiger partial charge in [0.2, 0.25) is 0 Å². The van der Waals surface area contributed by atoms with Crippen LogP contribution in [-0.4, -0.2) is 53.0 Å². The van der Waals surface area contributed by atoms with Gasteiger partial charge in [0.15, 0.2) is 0 Å². The number of hydrogen-bond acceptors (Lipinski definition) is 6.